The average molecular weight is 328 g/mol. The largest absolute Gasteiger partial charge is 0.483 e. The second-order valence-corrected chi connectivity index (χ2v) is 6.19. The van der Waals surface area contributed by atoms with Crippen molar-refractivity contribution in [3.05, 3.63) is 34.9 Å². The predicted molar refractivity (Wildman–Crippen MR) is 85.9 cm³/mol. The van der Waals surface area contributed by atoms with E-state index in [1.165, 1.54) is 6.08 Å². The summed E-state index contributed by atoms with van der Waals surface area (Å²) in [6, 6.07) is 3.69. The van der Waals surface area contributed by atoms with Crippen LogP contribution in [0.1, 0.15) is 63.1 Å². The molecule has 0 aromatic heterocycles. The Kier molecular flexibility index (Phi) is 6.42. The van der Waals surface area contributed by atoms with Crippen LogP contribution in [0.4, 0.5) is 13.2 Å². The molecule has 0 radical (unpaired) electrons. The fourth-order valence-corrected chi connectivity index (χ4v) is 2.24. The van der Waals surface area contributed by atoms with Gasteiger partial charge in [-0.05, 0) is 47.6 Å². The minimum atomic E-state index is -4.41. The van der Waals surface area contributed by atoms with E-state index in [0.29, 0.717) is 23.0 Å². The number of halogens is 3. The van der Waals surface area contributed by atoms with Crippen LogP contribution in [0.2, 0.25) is 0 Å². The summed E-state index contributed by atoms with van der Waals surface area (Å²) in [5.41, 5.74) is 2.84. The van der Waals surface area contributed by atoms with E-state index in [0.717, 1.165) is 5.56 Å². The van der Waals surface area contributed by atoms with Gasteiger partial charge in [0.2, 0.25) is 0 Å². The molecule has 0 heterocycles. The van der Waals surface area contributed by atoms with E-state index in [9.17, 15) is 18.0 Å². The third-order valence-electron chi connectivity index (χ3n) is 3.55. The van der Waals surface area contributed by atoms with Crippen molar-refractivity contribution in [2.75, 3.05) is 6.61 Å². The molecule has 0 spiro atoms. The smallest absolute Gasteiger partial charge is 0.422 e. The quantitative estimate of drug-likeness (QED) is 0.511. The van der Waals surface area contributed by atoms with Gasteiger partial charge in [0.05, 0.1) is 0 Å². The molecule has 0 aliphatic heterocycles. The normalized spacial score (nSPS) is 12.9. The molecule has 1 rings (SSSR count). The van der Waals surface area contributed by atoms with Crippen LogP contribution in [-0.2, 0) is 4.79 Å². The molecule has 128 valence electrons. The van der Waals surface area contributed by atoms with Gasteiger partial charge >= 0.3 is 6.18 Å². The maximum atomic E-state index is 12.6. The van der Waals surface area contributed by atoms with Crippen molar-refractivity contribution in [3.63, 3.8) is 0 Å². The number of rotatable bonds is 6. The highest BCUT2D eigenvalue weighted by atomic mass is 19.4. The summed E-state index contributed by atoms with van der Waals surface area (Å²) in [5, 5.41) is 0. The average Bonchev–Trinajstić information content (AvgIpc) is 2.43. The van der Waals surface area contributed by atoms with Crippen molar-refractivity contribution in [1.82, 2.24) is 0 Å². The van der Waals surface area contributed by atoms with Gasteiger partial charge in [0.1, 0.15) is 12.0 Å². The molecule has 0 saturated heterocycles. The van der Waals surface area contributed by atoms with Crippen molar-refractivity contribution in [2.24, 2.45) is 0 Å². The van der Waals surface area contributed by atoms with E-state index in [1.807, 2.05) is 33.8 Å². The van der Waals surface area contributed by atoms with Gasteiger partial charge in [-0.15, -0.1) is 0 Å². The van der Waals surface area contributed by atoms with Crippen molar-refractivity contribution < 1.29 is 22.7 Å². The predicted octanol–water partition coefficient (Wildman–Crippen LogP) is 5.48. The van der Waals surface area contributed by atoms with Crippen LogP contribution in [0.15, 0.2) is 18.2 Å². The first-order chi connectivity index (χ1) is 10.6. The molecule has 0 fully saturated rings. The molecule has 5 heteroatoms. The van der Waals surface area contributed by atoms with Gasteiger partial charge in [-0.2, -0.15) is 13.2 Å². The lowest BCUT2D eigenvalue weighted by Crippen LogP contribution is -2.20. The van der Waals surface area contributed by atoms with Crippen LogP contribution in [0.5, 0.6) is 5.75 Å². The number of hydrogen-bond donors (Lipinski definition) is 0. The third-order valence-corrected chi connectivity index (χ3v) is 3.55. The number of hydrogen-bond acceptors (Lipinski definition) is 2. The Bertz CT molecular complexity index is 585. The van der Waals surface area contributed by atoms with Crippen LogP contribution in [0.25, 0.3) is 5.57 Å². The van der Waals surface area contributed by atoms with Crippen molar-refractivity contribution in [3.8, 4) is 5.75 Å². The molecule has 0 atom stereocenters. The monoisotopic (exact) mass is 328 g/mol. The van der Waals surface area contributed by atoms with E-state index in [-0.39, 0.29) is 17.6 Å². The Morgan fingerprint density at radius 3 is 2.22 bits per heavy atom. The van der Waals surface area contributed by atoms with Crippen molar-refractivity contribution in [1.29, 1.82) is 0 Å². The molecule has 0 unspecified atom stereocenters. The highest BCUT2D eigenvalue weighted by Crippen LogP contribution is 2.38. The zero-order valence-corrected chi connectivity index (χ0v) is 14.1. The molecule has 0 bridgehead atoms. The van der Waals surface area contributed by atoms with E-state index in [2.05, 4.69) is 0 Å². The molecule has 1 aromatic rings. The first kappa shape index (κ1) is 19.3. The third kappa shape index (κ3) is 5.41. The molecule has 0 aliphatic carbocycles. The van der Waals surface area contributed by atoms with E-state index < -0.39 is 12.8 Å². The summed E-state index contributed by atoms with van der Waals surface area (Å²) < 4.78 is 42.8. The first-order valence-electron chi connectivity index (χ1n) is 7.56. The lowest BCUT2D eigenvalue weighted by Gasteiger charge is -2.22. The fourth-order valence-electron chi connectivity index (χ4n) is 2.24. The Morgan fingerprint density at radius 1 is 1.17 bits per heavy atom. The molecule has 1 aromatic carbocycles. The van der Waals surface area contributed by atoms with Gasteiger partial charge in [-0.3, -0.25) is 4.79 Å². The van der Waals surface area contributed by atoms with Crippen LogP contribution in [-0.4, -0.2) is 19.1 Å². The van der Waals surface area contributed by atoms with Gasteiger partial charge in [0.15, 0.2) is 6.61 Å². The summed E-state index contributed by atoms with van der Waals surface area (Å²) in [6.07, 6.45) is -2.45. The number of carbonyl (C=O) groups is 1. The zero-order valence-electron chi connectivity index (χ0n) is 14.1. The molecule has 0 amide bonds. The Labute approximate surface area is 135 Å². The molecule has 2 nitrogen and oxygen atoms in total. The summed E-state index contributed by atoms with van der Waals surface area (Å²) >= 11 is 0. The highest BCUT2D eigenvalue weighted by molar-refractivity contribution is 5.83. The van der Waals surface area contributed by atoms with Crippen molar-refractivity contribution in [2.45, 2.75) is 52.6 Å². The standard InChI is InChI=1S/C18H23F3O2/c1-11(2)14-8-15(12(3)4)17(23-10-18(19,20)21)16(9-14)13(5)6-7-22/h6-9,11-12H,10H2,1-5H3/b13-6-. The maximum absolute atomic E-state index is 12.6. The van der Waals surface area contributed by atoms with Crippen LogP contribution < -0.4 is 4.74 Å². The van der Waals surface area contributed by atoms with Gasteiger partial charge in [0.25, 0.3) is 0 Å². The summed E-state index contributed by atoms with van der Waals surface area (Å²) in [4.78, 5) is 10.8. The molecule has 0 saturated carbocycles. The number of benzene rings is 1. The zero-order chi connectivity index (χ0) is 17.8. The minimum absolute atomic E-state index is 0.000264. The lowest BCUT2D eigenvalue weighted by atomic mass is 9.89. The maximum Gasteiger partial charge on any atom is 0.422 e. The summed E-state index contributed by atoms with van der Waals surface area (Å²) in [5.74, 6) is 0.420. The topological polar surface area (TPSA) is 26.3 Å². The number of aldehydes is 1. The fraction of sp³-hybridized carbons (Fsp3) is 0.500. The minimum Gasteiger partial charge on any atom is -0.483 e. The van der Waals surface area contributed by atoms with Crippen LogP contribution in [0, 0.1) is 0 Å². The molecular weight excluding hydrogens is 305 g/mol. The molecule has 23 heavy (non-hydrogen) atoms. The Hall–Kier alpha value is -1.78. The van der Waals surface area contributed by atoms with E-state index in [4.69, 9.17) is 4.74 Å². The number of carbonyl (C=O) groups excluding carboxylic acids is 1. The van der Waals surface area contributed by atoms with Crippen LogP contribution in [0.3, 0.4) is 0 Å². The Balaban J connectivity index is 3.52. The number of ether oxygens (including phenoxy) is 1. The summed E-state index contributed by atoms with van der Waals surface area (Å²) in [7, 11) is 0. The number of allylic oxidation sites excluding steroid dienone is 2. The lowest BCUT2D eigenvalue weighted by molar-refractivity contribution is -0.153. The van der Waals surface area contributed by atoms with Gasteiger partial charge in [-0.1, -0.05) is 33.8 Å². The first-order valence-corrected chi connectivity index (χ1v) is 7.56. The second-order valence-electron chi connectivity index (χ2n) is 6.19. The van der Waals surface area contributed by atoms with Gasteiger partial charge in [0, 0.05) is 5.56 Å². The second kappa shape index (κ2) is 7.66. The molecule has 0 N–H and O–H groups in total. The van der Waals surface area contributed by atoms with Gasteiger partial charge in [-0.25, -0.2) is 0 Å². The van der Waals surface area contributed by atoms with Crippen LogP contribution >= 0.6 is 0 Å². The summed E-state index contributed by atoms with van der Waals surface area (Å²) in [6.45, 7) is 8.18. The SMILES string of the molecule is C/C(=C/C=O)c1cc(C(C)C)cc(C(C)C)c1OCC(F)(F)F. The number of alkyl halides is 3. The van der Waals surface area contributed by atoms with E-state index >= 15 is 0 Å². The highest BCUT2D eigenvalue weighted by Gasteiger charge is 2.30. The van der Waals surface area contributed by atoms with Gasteiger partial charge < -0.3 is 4.74 Å². The van der Waals surface area contributed by atoms with E-state index in [1.54, 1.807) is 13.0 Å². The van der Waals surface area contributed by atoms with Crippen molar-refractivity contribution >= 4 is 11.9 Å². The molecular formula is C18H23F3O2. The Morgan fingerprint density at radius 2 is 1.78 bits per heavy atom. The molecule has 0 aliphatic rings.